The molecule has 1 N–H and O–H groups in total. The standard InChI is InChI=1S/C13H17NO/c1-10(2)7-8-15-13-9-11-5-3-4-6-12(11)14-13/h3-6,9-10,14H,7-8H2,1-2H3. The Hall–Kier alpha value is -1.44. The molecule has 0 aliphatic carbocycles. The van der Waals surface area contributed by atoms with Crippen molar-refractivity contribution in [1.29, 1.82) is 0 Å². The maximum Gasteiger partial charge on any atom is 0.191 e. The van der Waals surface area contributed by atoms with Crippen LogP contribution in [-0.4, -0.2) is 11.6 Å². The van der Waals surface area contributed by atoms with Gasteiger partial charge in [-0.25, -0.2) is 0 Å². The maximum atomic E-state index is 5.65. The Morgan fingerprint density at radius 2 is 2.07 bits per heavy atom. The van der Waals surface area contributed by atoms with Crippen LogP contribution in [0.3, 0.4) is 0 Å². The molecule has 0 aliphatic heterocycles. The lowest BCUT2D eigenvalue weighted by Gasteiger charge is -2.05. The van der Waals surface area contributed by atoms with E-state index < -0.39 is 0 Å². The fourth-order valence-corrected chi connectivity index (χ4v) is 1.53. The van der Waals surface area contributed by atoms with E-state index in [4.69, 9.17) is 4.74 Å². The SMILES string of the molecule is CC(C)CCOc1cc2ccccc2[nH]1. The van der Waals surface area contributed by atoms with Gasteiger partial charge in [-0.15, -0.1) is 0 Å². The lowest BCUT2D eigenvalue weighted by molar-refractivity contribution is 0.281. The summed E-state index contributed by atoms with van der Waals surface area (Å²) in [4.78, 5) is 3.25. The van der Waals surface area contributed by atoms with Gasteiger partial charge in [0.05, 0.1) is 6.61 Å². The van der Waals surface area contributed by atoms with Crippen LogP contribution < -0.4 is 4.74 Å². The lowest BCUT2D eigenvalue weighted by atomic mass is 10.1. The zero-order valence-electron chi connectivity index (χ0n) is 9.29. The number of nitrogens with one attached hydrogen (secondary N) is 1. The number of benzene rings is 1. The monoisotopic (exact) mass is 203 g/mol. The first-order valence-electron chi connectivity index (χ1n) is 5.46. The van der Waals surface area contributed by atoms with Gasteiger partial charge in [-0.3, -0.25) is 0 Å². The summed E-state index contributed by atoms with van der Waals surface area (Å²) in [5.41, 5.74) is 1.14. The molecule has 0 amide bonds. The van der Waals surface area contributed by atoms with Gasteiger partial charge in [0, 0.05) is 17.0 Å². The molecule has 15 heavy (non-hydrogen) atoms. The second-order valence-corrected chi connectivity index (χ2v) is 4.25. The summed E-state index contributed by atoms with van der Waals surface area (Å²) in [6.07, 6.45) is 1.09. The maximum absolute atomic E-state index is 5.65. The molecular weight excluding hydrogens is 186 g/mol. The Labute approximate surface area is 90.3 Å². The summed E-state index contributed by atoms with van der Waals surface area (Å²) in [5, 5.41) is 1.21. The highest BCUT2D eigenvalue weighted by Gasteiger charge is 2.00. The zero-order valence-corrected chi connectivity index (χ0v) is 9.29. The van der Waals surface area contributed by atoms with E-state index in [2.05, 4.69) is 37.0 Å². The van der Waals surface area contributed by atoms with E-state index in [1.54, 1.807) is 0 Å². The first-order valence-corrected chi connectivity index (χ1v) is 5.46. The number of hydrogen-bond acceptors (Lipinski definition) is 1. The first kappa shape index (κ1) is 10.1. The Kier molecular flexibility index (Phi) is 2.95. The highest BCUT2D eigenvalue weighted by molar-refractivity contribution is 5.81. The molecule has 2 rings (SSSR count). The first-order chi connectivity index (χ1) is 7.25. The molecule has 1 aromatic heterocycles. The van der Waals surface area contributed by atoms with Crippen molar-refractivity contribution in [1.82, 2.24) is 4.98 Å². The van der Waals surface area contributed by atoms with Crippen LogP contribution in [0, 0.1) is 5.92 Å². The summed E-state index contributed by atoms with van der Waals surface area (Å²) in [5.74, 6) is 1.56. The normalized spacial score (nSPS) is 11.1. The minimum absolute atomic E-state index is 0.689. The summed E-state index contributed by atoms with van der Waals surface area (Å²) in [6, 6.07) is 10.3. The highest BCUT2D eigenvalue weighted by Crippen LogP contribution is 2.20. The number of aromatic nitrogens is 1. The Bertz CT molecular complexity index is 398. The van der Waals surface area contributed by atoms with Crippen molar-refractivity contribution in [3.63, 3.8) is 0 Å². The van der Waals surface area contributed by atoms with Gasteiger partial charge in [-0.05, 0) is 18.4 Å². The number of aromatic amines is 1. The van der Waals surface area contributed by atoms with Crippen molar-refractivity contribution >= 4 is 10.9 Å². The van der Waals surface area contributed by atoms with Crippen molar-refractivity contribution in [2.24, 2.45) is 5.92 Å². The quantitative estimate of drug-likeness (QED) is 0.807. The number of H-pyrrole nitrogens is 1. The molecule has 1 aromatic carbocycles. The topological polar surface area (TPSA) is 25.0 Å². The van der Waals surface area contributed by atoms with Crippen LogP contribution in [-0.2, 0) is 0 Å². The second kappa shape index (κ2) is 4.39. The third-order valence-corrected chi connectivity index (χ3v) is 2.46. The van der Waals surface area contributed by atoms with Gasteiger partial charge < -0.3 is 9.72 Å². The number of fused-ring (bicyclic) bond motifs is 1. The summed E-state index contributed by atoms with van der Waals surface area (Å²) < 4.78 is 5.65. The van der Waals surface area contributed by atoms with E-state index in [1.165, 1.54) is 5.39 Å². The van der Waals surface area contributed by atoms with Crippen LogP contribution in [0.25, 0.3) is 10.9 Å². The predicted molar refractivity (Wildman–Crippen MR) is 63.2 cm³/mol. The van der Waals surface area contributed by atoms with E-state index in [0.717, 1.165) is 24.4 Å². The summed E-state index contributed by atoms with van der Waals surface area (Å²) in [6.45, 7) is 5.19. The molecular formula is C13H17NO. The van der Waals surface area contributed by atoms with Crippen LogP contribution >= 0.6 is 0 Å². The average Bonchev–Trinajstić information content (AvgIpc) is 2.59. The van der Waals surface area contributed by atoms with Gasteiger partial charge in [-0.1, -0.05) is 32.0 Å². The molecule has 2 aromatic rings. The van der Waals surface area contributed by atoms with Gasteiger partial charge in [0.2, 0.25) is 0 Å². The minimum atomic E-state index is 0.689. The number of para-hydroxylation sites is 1. The van der Waals surface area contributed by atoms with Gasteiger partial charge in [0.25, 0.3) is 0 Å². The number of ether oxygens (including phenoxy) is 1. The molecule has 0 unspecified atom stereocenters. The van der Waals surface area contributed by atoms with Crippen molar-refractivity contribution in [2.45, 2.75) is 20.3 Å². The van der Waals surface area contributed by atoms with Crippen molar-refractivity contribution in [3.05, 3.63) is 30.3 Å². The molecule has 2 heteroatoms. The van der Waals surface area contributed by atoms with Crippen LogP contribution in [0.15, 0.2) is 30.3 Å². The number of rotatable bonds is 4. The fraction of sp³-hybridized carbons (Fsp3) is 0.385. The van der Waals surface area contributed by atoms with Gasteiger partial charge in [0.1, 0.15) is 0 Å². The molecule has 0 saturated heterocycles. The smallest absolute Gasteiger partial charge is 0.191 e. The minimum Gasteiger partial charge on any atom is -0.479 e. The molecule has 0 atom stereocenters. The van der Waals surface area contributed by atoms with E-state index in [0.29, 0.717) is 5.92 Å². The second-order valence-electron chi connectivity index (χ2n) is 4.25. The van der Waals surface area contributed by atoms with Crippen LogP contribution in [0.4, 0.5) is 0 Å². The Morgan fingerprint density at radius 1 is 1.27 bits per heavy atom. The highest BCUT2D eigenvalue weighted by atomic mass is 16.5. The number of hydrogen-bond donors (Lipinski definition) is 1. The van der Waals surface area contributed by atoms with Crippen molar-refractivity contribution < 1.29 is 4.74 Å². The lowest BCUT2D eigenvalue weighted by Crippen LogP contribution is -2.01. The molecule has 0 aliphatic rings. The van der Waals surface area contributed by atoms with Gasteiger partial charge in [-0.2, -0.15) is 0 Å². The van der Waals surface area contributed by atoms with Crippen LogP contribution in [0.1, 0.15) is 20.3 Å². The summed E-state index contributed by atoms with van der Waals surface area (Å²) in [7, 11) is 0. The molecule has 0 spiro atoms. The van der Waals surface area contributed by atoms with Crippen molar-refractivity contribution in [3.8, 4) is 5.88 Å². The Balaban J connectivity index is 2.03. The van der Waals surface area contributed by atoms with E-state index >= 15 is 0 Å². The summed E-state index contributed by atoms with van der Waals surface area (Å²) >= 11 is 0. The molecule has 0 radical (unpaired) electrons. The molecule has 80 valence electrons. The molecule has 1 heterocycles. The Morgan fingerprint density at radius 3 is 2.80 bits per heavy atom. The third kappa shape index (κ3) is 2.52. The fourth-order valence-electron chi connectivity index (χ4n) is 1.53. The predicted octanol–water partition coefficient (Wildman–Crippen LogP) is 3.59. The average molecular weight is 203 g/mol. The molecule has 0 bridgehead atoms. The largest absolute Gasteiger partial charge is 0.479 e. The van der Waals surface area contributed by atoms with Crippen LogP contribution in [0.2, 0.25) is 0 Å². The molecule has 0 saturated carbocycles. The van der Waals surface area contributed by atoms with Gasteiger partial charge >= 0.3 is 0 Å². The van der Waals surface area contributed by atoms with E-state index in [9.17, 15) is 0 Å². The third-order valence-electron chi connectivity index (χ3n) is 2.46. The van der Waals surface area contributed by atoms with E-state index in [-0.39, 0.29) is 0 Å². The van der Waals surface area contributed by atoms with E-state index in [1.807, 2.05) is 12.1 Å². The molecule has 2 nitrogen and oxygen atoms in total. The van der Waals surface area contributed by atoms with Crippen molar-refractivity contribution in [2.75, 3.05) is 6.61 Å². The molecule has 0 fully saturated rings. The van der Waals surface area contributed by atoms with Gasteiger partial charge in [0.15, 0.2) is 5.88 Å². The van der Waals surface area contributed by atoms with Crippen LogP contribution in [0.5, 0.6) is 5.88 Å². The zero-order chi connectivity index (χ0) is 10.7.